The van der Waals surface area contributed by atoms with Crippen LogP contribution in [-0.2, 0) is 6.42 Å². The molecule has 0 saturated carbocycles. The molecule has 0 aliphatic carbocycles. The molecule has 2 aromatic carbocycles. The summed E-state index contributed by atoms with van der Waals surface area (Å²) in [4.78, 5) is 0. The smallest absolute Gasteiger partial charge is 0.126 e. The minimum absolute atomic E-state index is 0.168. The lowest BCUT2D eigenvalue weighted by Gasteiger charge is -2.16. The highest BCUT2D eigenvalue weighted by Gasteiger charge is 2.15. The molecule has 20 heavy (non-hydrogen) atoms. The maximum Gasteiger partial charge on any atom is 0.126 e. The van der Waals surface area contributed by atoms with Crippen LogP contribution in [0.3, 0.4) is 0 Å². The summed E-state index contributed by atoms with van der Waals surface area (Å²) in [6.07, 6.45) is 0.168. The Bertz CT molecular complexity index is 619. The molecule has 2 aromatic rings. The molecule has 2 rings (SSSR count). The zero-order chi connectivity index (χ0) is 14.7. The molecule has 2 nitrogen and oxygen atoms in total. The van der Waals surface area contributed by atoms with Crippen LogP contribution in [0.5, 0.6) is 5.75 Å². The number of nitrogens with two attached hydrogens (primary N) is 1. The first-order valence-electron chi connectivity index (χ1n) is 6.04. The second kappa shape index (κ2) is 6.20. The number of ether oxygens (including phenoxy) is 1. The van der Waals surface area contributed by atoms with E-state index in [1.807, 2.05) is 0 Å². The fourth-order valence-corrected chi connectivity index (χ4v) is 2.20. The standard InChI is InChI=1S/C15H14ClF2NO/c1-20-15-8-10(16)2-4-12(15)14(19)7-9-6-11(17)3-5-13(9)18/h2-6,8,14H,7,19H2,1H3. The van der Waals surface area contributed by atoms with Gasteiger partial charge in [0.2, 0.25) is 0 Å². The largest absolute Gasteiger partial charge is 0.496 e. The Balaban J connectivity index is 2.28. The van der Waals surface area contributed by atoms with Gasteiger partial charge in [0.05, 0.1) is 7.11 Å². The molecule has 0 amide bonds. The SMILES string of the molecule is COc1cc(Cl)ccc1C(N)Cc1cc(F)ccc1F. The number of methoxy groups -OCH3 is 1. The Labute approximate surface area is 121 Å². The van der Waals surface area contributed by atoms with E-state index in [4.69, 9.17) is 22.1 Å². The highest BCUT2D eigenvalue weighted by atomic mass is 35.5. The third kappa shape index (κ3) is 3.26. The first-order chi connectivity index (χ1) is 9.51. The van der Waals surface area contributed by atoms with E-state index in [2.05, 4.69) is 0 Å². The van der Waals surface area contributed by atoms with Gasteiger partial charge in [-0.25, -0.2) is 8.78 Å². The third-order valence-electron chi connectivity index (χ3n) is 3.04. The number of hydrogen-bond donors (Lipinski definition) is 1. The lowest BCUT2D eigenvalue weighted by atomic mass is 9.98. The first-order valence-corrected chi connectivity index (χ1v) is 6.42. The average Bonchev–Trinajstić information content (AvgIpc) is 2.42. The van der Waals surface area contributed by atoms with Crippen molar-refractivity contribution in [3.05, 3.63) is 64.2 Å². The van der Waals surface area contributed by atoms with Crippen molar-refractivity contribution in [2.24, 2.45) is 5.73 Å². The second-order valence-electron chi connectivity index (χ2n) is 4.43. The second-order valence-corrected chi connectivity index (χ2v) is 4.87. The van der Waals surface area contributed by atoms with E-state index in [9.17, 15) is 8.78 Å². The summed E-state index contributed by atoms with van der Waals surface area (Å²) in [6, 6.07) is 7.85. The predicted molar refractivity (Wildman–Crippen MR) is 75.0 cm³/mol. The molecule has 0 heterocycles. The Morgan fingerprint density at radius 1 is 1.20 bits per heavy atom. The summed E-state index contributed by atoms with van der Waals surface area (Å²) < 4.78 is 32.0. The van der Waals surface area contributed by atoms with Gasteiger partial charge in [-0.2, -0.15) is 0 Å². The van der Waals surface area contributed by atoms with Crippen LogP contribution in [0.4, 0.5) is 8.78 Å². The van der Waals surface area contributed by atoms with E-state index in [-0.39, 0.29) is 12.0 Å². The average molecular weight is 298 g/mol. The number of rotatable bonds is 4. The molecule has 5 heteroatoms. The van der Waals surface area contributed by atoms with Crippen molar-refractivity contribution in [2.45, 2.75) is 12.5 Å². The highest BCUT2D eigenvalue weighted by molar-refractivity contribution is 6.30. The lowest BCUT2D eigenvalue weighted by Crippen LogP contribution is -2.15. The van der Waals surface area contributed by atoms with Crippen molar-refractivity contribution < 1.29 is 13.5 Å². The molecule has 106 valence electrons. The van der Waals surface area contributed by atoms with Gasteiger partial charge in [-0.1, -0.05) is 17.7 Å². The number of benzene rings is 2. The molecule has 0 aliphatic heterocycles. The van der Waals surface area contributed by atoms with Crippen LogP contribution >= 0.6 is 11.6 Å². The van der Waals surface area contributed by atoms with Gasteiger partial charge >= 0.3 is 0 Å². The van der Waals surface area contributed by atoms with Crippen molar-refractivity contribution in [3.8, 4) is 5.75 Å². The summed E-state index contributed by atoms with van der Waals surface area (Å²) in [7, 11) is 1.50. The van der Waals surface area contributed by atoms with Crippen LogP contribution in [0.1, 0.15) is 17.2 Å². The molecule has 0 aliphatic rings. The molecule has 0 spiro atoms. The van der Waals surface area contributed by atoms with Crippen LogP contribution in [0.15, 0.2) is 36.4 Å². The van der Waals surface area contributed by atoms with E-state index in [0.717, 1.165) is 18.2 Å². The topological polar surface area (TPSA) is 35.2 Å². The minimum Gasteiger partial charge on any atom is -0.496 e. The van der Waals surface area contributed by atoms with E-state index in [0.29, 0.717) is 16.3 Å². The summed E-state index contributed by atoms with van der Waals surface area (Å²) >= 11 is 5.88. The molecular formula is C15H14ClF2NO. The predicted octanol–water partition coefficient (Wildman–Crippen LogP) is 3.87. The quantitative estimate of drug-likeness (QED) is 0.930. The Kier molecular flexibility index (Phi) is 4.57. The van der Waals surface area contributed by atoms with E-state index >= 15 is 0 Å². The minimum atomic E-state index is -0.515. The molecule has 0 saturated heterocycles. The number of hydrogen-bond acceptors (Lipinski definition) is 2. The summed E-state index contributed by atoms with van der Waals surface area (Å²) in [5.41, 5.74) is 6.99. The van der Waals surface area contributed by atoms with Gasteiger partial charge in [-0.3, -0.25) is 0 Å². The van der Waals surface area contributed by atoms with Crippen LogP contribution in [0, 0.1) is 11.6 Å². The van der Waals surface area contributed by atoms with E-state index in [1.165, 1.54) is 7.11 Å². The Hall–Kier alpha value is -1.65. The lowest BCUT2D eigenvalue weighted by molar-refractivity contribution is 0.405. The van der Waals surface area contributed by atoms with Crippen LogP contribution in [0.25, 0.3) is 0 Å². The van der Waals surface area contributed by atoms with Crippen molar-refractivity contribution in [2.75, 3.05) is 7.11 Å². The molecule has 2 N–H and O–H groups in total. The maximum absolute atomic E-state index is 13.6. The van der Waals surface area contributed by atoms with E-state index in [1.54, 1.807) is 18.2 Å². The molecule has 0 aromatic heterocycles. The fourth-order valence-electron chi connectivity index (χ4n) is 2.04. The molecule has 0 fully saturated rings. The molecular weight excluding hydrogens is 284 g/mol. The van der Waals surface area contributed by atoms with Crippen molar-refractivity contribution in [1.82, 2.24) is 0 Å². The van der Waals surface area contributed by atoms with Crippen molar-refractivity contribution >= 4 is 11.6 Å². The first kappa shape index (κ1) is 14.8. The van der Waals surface area contributed by atoms with Gasteiger partial charge in [0, 0.05) is 16.6 Å². The normalized spacial score (nSPS) is 12.2. The Morgan fingerprint density at radius 2 is 1.95 bits per heavy atom. The Morgan fingerprint density at radius 3 is 2.65 bits per heavy atom. The van der Waals surface area contributed by atoms with Gasteiger partial charge in [-0.05, 0) is 42.3 Å². The zero-order valence-electron chi connectivity index (χ0n) is 10.9. The fraction of sp³-hybridized carbons (Fsp3) is 0.200. The van der Waals surface area contributed by atoms with Gasteiger partial charge in [-0.15, -0.1) is 0 Å². The van der Waals surface area contributed by atoms with Crippen LogP contribution < -0.4 is 10.5 Å². The number of halogens is 3. The van der Waals surface area contributed by atoms with Gasteiger partial charge in [0.15, 0.2) is 0 Å². The van der Waals surface area contributed by atoms with Crippen LogP contribution in [0.2, 0.25) is 5.02 Å². The van der Waals surface area contributed by atoms with Gasteiger partial charge < -0.3 is 10.5 Å². The molecule has 1 unspecified atom stereocenters. The summed E-state index contributed by atoms with van der Waals surface area (Å²) in [6.45, 7) is 0. The van der Waals surface area contributed by atoms with Gasteiger partial charge in [0.25, 0.3) is 0 Å². The molecule has 0 bridgehead atoms. The van der Waals surface area contributed by atoms with Crippen molar-refractivity contribution in [1.29, 1.82) is 0 Å². The summed E-state index contributed by atoms with van der Waals surface area (Å²) in [5.74, 6) is -0.437. The molecule has 0 radical (unpaired) electrons. The highest BCUT2D eigenvalue weighted by Crippen LogP contribution is 2.29. The summed E-state index contributed by atoms with van der Waals surface area (Å²) in [5, 5.41) is 0.523. The molecule has 1 atom stereocenters. The third-order valence-corrected chi connectivity index (χ3v) is 3.28. The van der Waals surface area contributed by atoms with E-state index < -0.39 is 17.7 Å². The van der Waals surface area contributed by atoms with Crippen molar-refractivity contribution in [3.63, 3.8) is 0 Å². The zero-order valence-corrected chi connectivity index (χ0v) is 11.6. The van der Waals surface area contributed by atoms with Crippen LogP contribution in [-0.4, -0.2) is 7.11 Å². The monoisotopic (exact) mass is 297 g/mol. The van der Waals surface area contributed by atoms with Gasteiger partial charge in [0.1, 0.15) is 17.4 Å². The maximum atomic E-state index is 13.6.